The summed E-state index contributed by atoms with van der Waals surface area (Å²) in [4.78, 5) is 3.90. The number of aromatic nitrogens is 1. The summed E-state index contributed by atoms with van der Waals surface area (Å²) in [5.74, 6) is 0. The standard InChI is InChI=1S/C17H15ClN2O4S3/c1-26(21,22)17-20-16(27(23,24)14-9-7-13(18)8-10-14)15(25-17)19-11-12-5-3-2-4-6-12/h2-10,19H,11H2,1H3. The predicted molar refractivity (Wildman–Crippen MR) is 106 cm³/mol. The van der Waals surface area contributed by atoms with E-state index in [2.05, 4.69) is 10.3 Å². The molecule has 1 aromatic heterocycles. The van der Waals surface area contributed by atoms with E-state index in [0.29, 0.717) is 11.6 Å². The molecule has 1 heterocycles. The van der Waals surface area contributed by atoms with Gasteiger partial charge in [0.1, 0.15) is 5.00 Å². The summed E-state index contributed by atoms with van der Waals surface area (Å²) >= 11 is 6.62. The summed E-state index contributed by atoms with van der Waals surface area (Å²) in [6.07, 6.45) is 0.992. The van der Waals surface area contributed by atoms with E-state index in [4.69, 9.17) is 11.6 Å². The molecule has 27 heavy (non-hydrogen) atoms. The number of benzene rings is 2. The third-order valence-electron chi connectivity index (χ3n) is 3.57. The van der Waals surface area contributed by atoms with Crippen molar-refractivity contribution < 1.29 is 16.8 Å². The SMILES string of the molecule is CS(=O)(=O)c1nc(S(=O)(=O)c2ccc(Cl)cc2)c(NCc2ccccc2)s1. The van der Waals surface area contributed by atoms with Crippen molar-refractivity contribution in [2.24, 2.45) is 0 Å². The van der Waals surface area contributed by atoms with Crippen molar-refractivity contribution in [2.45, 2.75) is 20.8 Å². The molecule has 0 spiro atoms. The van der Waals surface area contributed by atoms with Crippen LogP contribution in [0.25, 0.3) is 0 Å². The lowest BCUT2D eigenvalue weighted by Gasteiger charge is -2.07. The second-order valence-corrected chi connectivity index (χ2v) is 11.2. The fourth-order valence-corrected chi connectivity index (χ4v) is 5.89. The topological polar surface area (TPSA) is 93.2 Å². The first kappa shape index (κ1) is 19.8. The Balaban J connectivity index is 2.04. The molecule has 0 fully saturated rings. The number of hydrogen-bond acceptors (Lipinski definition) is 7. The van der Waals surface area contributed by atoms with Crippen LogP contribution in [0.3, 0.4) is 0 Å². The first-order valence-corrected chi connectivity index (χ1v) is 12.2. The lowest BCUT2D eigenvalue weighted by atomic mass is 10.2. The minimum atomic E-state index is -4.02. The highest BCUT2D eigenvalue weighted by Gasteiger charge is 2.29. The maximum Gasteiger partial charge on any atom is 0.226 e. The minimum Gasteiger partial charge on any atom is -0.370 e. The van der Waals surface area contributed by atoms with Crippen LogP contribution in [0.2, 0.25) is 5.02 Å². The number of halogens is 1. The van der Waals surface area contributed by atoms with Gasteiger partial charge in [0, 0.05) is 17.8 Å². The third-order valence-corrected chi connectivity index (χ3v) is 8.34. The summed E-state index contributed by atoms with van der Waals surface area (Å²) in [6.45, 7) is 0.329. The molecule has 142 valence electrons. The van der Waals surface area contributed by atoms with Crippen molar-refractivity contribution in [1.29, 1.82) is 0 Å². The van der Waals surface area contributed by atoms with Crippen LogP contribution in [-0.2, 0) is 26.2 Å². The van der Waals surface area contributed by atoms with Gasteiger partial charge in [-0.3, -0.25) is 0 Å². The van der Waals surface area contributed by atoms with E-state index in [9.17, 15) is 16.8 Å². The Morgan fingerprint density at radius 1 is 1.00 bits per heavy atom. The zero-order valence-electron chi connectivity index (χ0n) is 14.1. The number of thiazole rings is 1. The van der Waals surface area contributed by atoms with Crippen molar-refractivity contribution >= 4 is 47.6 Å². The van der Waals surface area contributed by atoms with Crippen molar-refractivity contribution in [1.82, 2.24) is 4.98 Å². The second-order valence-electron chi connectivity index (χ2n) is 5.68. The van der Waals surface area contributed by atoms with E-state index in [1.807, 2.05) is 30.3 Å². The lowest BCUT2D eigenvalue weighted by molar-refractivity contribution is 0.591. The van der Waals surface area contributed by atoms with Crippen molar-refractivity contribution in [3.8, 4) is 0 Å². The molecule has 2 aromatic carbocycles. The highest BCUT2D eigenvalue weighted by molar-refractivity contribution is 7.93. The highest BCUT2D eigenvalue weighted by atomic mass is 35.5. The zero-order chi connectivity index (χ0) is 19.7. The van der Waals surface area contributed by atoms with Gasteiger partial charge in [-0.1, -0.05) is 53.3 Å². The molecular formula is C17H15ClN2O4S3. The van der Waals surface area contributed by atoms with E-state index >= 15 is 0 Å². The maximum absolute atomic E-state index is 13.0. The normalized spacial score (nSPS) is 12.1. The van der Waals surface area contributed by atoms with Gasteiger partial charge in [0.05, 0.1) is 4.90 Å². The Labute approximate surface area is 166 Å². The van der Waals surface area contributed by atoms with E-state index in [1.54, 1.807) is 0 Å². The van der Waals surface area contributed by atoms with Gasteiger partial charge in [0.25, 0.3) is 0 Å². The molecule has 0 unspecified atom stereocenters. The summed E-state index contributed by atoms with van der Waals surface area (Å²) in [7, 11) is -7.67. The minimum absolute atomic E-state index is 0.0139. The third kappa shape index (κ3) is 4.49. The van der Waals surface area contributed by atoms with Crippen LogP contribution in [0.5, 0.6) is 0 Å². The molecule has 0 atom stereocenters. The molecular weight excluding hydrogens is 428 g/mol. The first-order chi connectivity index (χ1) is 12.7. The lowest BCUT2D eigenvalue weighted by Crippen LogP contribution is -2.07. The first-order valence-electron chi connectivity index (χ1n) is 7.67. The fraction of sp³-hybridized carbons (Fsp3) is 0.118. The average Bonchev–Trinajstić information content (AvgIpc) is 3.07. The number of hydrogen-bond donors (Lipinski definition) is 1. The summed E-state index contributed by atoms with van der Waals surface area (Å²) in [5.41, 5.74) is 0.918. The molecule has 0 aliphatic rings. The molecule has 0 bridgehead atoms. The van der Waals surface area contributed by atoms with Crippen molar-refractivity contribution in [3.05, 3.63) is 65.2 Å². The summed E-state index contributed by atoms with van der Waals surface area (Å²) < 4.78 is 49.5. The Bertz CT molecular complexity index is 1160. The number of nitrogens with one attached hydrogen (secondary N) is 1. The van der Waals surface area contributed by atoms with Crippen LogP contribution >= 0.6 is 22.9 Å². The smallest absolute Gasteiger partial charge is 0.226 e. The molecule has 0 radical (unpaired) electrons. The molecule has 3 aromatic rings. The van der Waals surface area contributed by atoms with Gasteiger partial charge in [0.15, 0.2) is 5.03 Å². The molecule has 1 N–H and O–H groups in total. The molecule has 0 aliphatic carbocycles. The predicted octanol–water partition coefficient (Wildman–Crippen LogP) is 3.64. The van der Waals surface area contributed by atoms with Gasteiger partial charge in [-0.05, 0) is 29.8 Å². The number of anilines is 1. The van der Waals surface area contributed by atoms with Gasteiger partial charge in [-0.15, -0.1) is 0 Å². The number of rotatable bonds is 6. The molecule has 0 amide bonds. The monoisotopic (exact) mass is 442 g/mol. The van der Waals surface area contributed by atoms with Gasteiger partial charge >= 0.3 is 0 Å². The van der Waals surface area contributed by atoms with Crippen LogP contribution in [-0.4, -0.2) is 28.1 Å². The molecule has 10 heteroatoms. The average molecular weight is 443 g/mol. The molecule has 0 aliphatic heterocycles. The van der Waals surface area contributed by atoms with Crippen molar-refractivity contribution in [3.63, 3.8) is 0 Å². The van der Waals surface area contributed by atoms with Gasteiger partial charge < -0.3 is 5.32 Å². The van der Waals surface area contributed by atoms with Crippen LogP contribution < -0.4 is 5.32 Å². The largest absolute Gasteiger partial charge is 0.370 e. The van der Waals surface area contributed by atoms with E-state index in [1.165, 1.54) is 24.3 Å². The van der Waals surface area contributed by atoms with Crippen LogP contribution in [0.15, 0.2) is 68.9 Å². The second kappa shape index (κ2) is 7.59. The molecule has 0 saturated carbocycles. The van der Waals surface area contributed by atoms with Crippen LogP contribution in [0.4, 0.5) is 5.00 Å². The van der Waals surface area contributed by atoms with Crippen LogP contribution in [0, 0.1) is 0 Å². The van der Waals surface area contributed by atoms with E-state index < -0.39 is 19.7 Å². The maximum atomic E-state index is 13.0. The molecule has 6 nitrogen and oxygen atoms in total. The number of sulfone groups is 2. The Morgan fingerprint density at radius 3 is 2.22 bits per heavy atom. The molecule has 0 saturated heterocycles. The summed E-state index contributed by atoms with van der Waals surface area (Å²) in [6, 6.07) is 15.0. The van der Waals surface area contributed by atoms with Gasteiger partial charge in [-0.2, -0.15) is 0 Å². The fourth-order valence-electron chi connectivity index (χ4n) is 2.24. The summed E-state index contributed by atoms with van der Waals surface area (Å²) in [5, 5.41) is 3.25. The number of nitrogens with zero attached hydrogens (tertiary/aromatic N) is 1. The van der Waals surface area contributed by atoms with Crippen LogP contribution in [0.1, 0.15) is 5.56 Å². The van der Waals surface area contributed by atoms with Gasteiger partial charge in [-0.25, -0.2) is 21.8 Å². The van der Waals surface area contributed by atoms with Gasteiger partial charge in [0.2, 0.25) is 24.0 Å². The quantitative estimate of drug-likeness (QED) is 0.626. The van der Waals surface area contributed by atoms with Crippen molar-refractivity contribution in [2.75, 3.05) is 11.6 Å². The van der Waals surface area contributed by atoms with E-state index in [0.717, 1.165) is 23.2 Å². The highest BCUT2D eigenvalue weighted by Crippen LogP contribution is 2.35. The Morgan fingerprint density at radius 2 is 1.63 bits per heavy atom. The Hall–Kier alpha value is -1.94. The Kier molecular flexibility index (Phi) is 5.57. The van der Waals surface area contributed by atoms with E-state index in [-0.39, 0.29) is 19.3 Å². The zero-order valence-corrected chi connectivity index (χ0v) is 17.3. The molecule has 3 rings (SSSR count).